The molecule has 106 valence electrons. The molecule has 0 saturated heterocycles. The van der Waals surface area contributed by atoms with E-state index in [2.05, 4.69) is 15.3 Å². The van der Waals surface area contributed by atoms with E-state index in [1.807, 2.05) is 0 Å². The molecule has 1 aromatic rings. The molecular weight excluding hydrogens is 265 g/mol. The number of rotatable bonds is 4. The largest absolute Gasteiger partial charge is 0.481 e. The van der Waals surface area contributed by atoms with E-state index >= 15 is 0 Å². The first-order chi connectivity index (χ1) is 8.81. The number of hydrogen-bond acceptors (Lipinski definition) is 4. The van der Waals surface area contributed by atoms with Crippen molar-refractivity contribution in [1.82, 2.24) is 14.9 Å². The van der Waals surface area contributed by atoms with E-state index < -0.39 is 25.2 Å². The summed E-state index contributed by atoms with van der Waals surface area (Å²) in [4.78, 5) is 20.0. The Morgan fingerprint density at radius 3 is 2.74 bits per heavy atom. The fourth-order valence-corrected chi connectivity index (χ4v) is 1.12. The number of ether oxygens (including phenoxy) is 1. The molecule has 1 aromatic heterocycles. The fourth-order valence-electron chi connectivity index (χ4n) is 1.12. The Bertz CT molecular complexity index is 439. The van der Waals surface area contributed by atoms with Crippen molar-refractivity contribution in [2.24, 2.45) is 0 Å². The molecule has 0 fully saturated rings. The number of hydrogen-bond donors (Lipinski definition) is 1. The average Bonchev–Trinajstić information content (AvgIpc) is 2.35. The molecule has 0 atom stereocenters. The first kappa shape index (κ1) is 15.0. The van der Waals surface area contributed by atoms with Crippen molar-refractivity contribution in [2.75, 3.05) is 26.0 Å². The van der Waals surface area contributed by atoms with Gasteiger partial charge < -0.3 is 9.64 Å². The summed E-state index contributed by atoms with van der Waals surface area (Å²) in [5, 5.41) is 2.34. The first-order valence-electron chi connectivity index (χ1n) is 5.27. The Hall–Kier alpha value is -2.06. The maximum absolute atomic E-state index is 12.0. The smallest absolute Gasteiger partial charge is 0.390 e. The highest BCUT2D eigenvalue weighted by Gasteiger charge is 2.28. The molecule has 19 heavy (non-hydrogen) atoms. The highest BCUT2D eigenvalue weighted by atomic mass is 19.4. The van der Waals surface area contributed by atoms with Crippen LogP contribution >= 0.6 is 0 Å². The number of carbonyl (C=O) groups excluding carboxylic acids is 1. The molecule has 1 rings (SSSR count). The topological polar surface area (TPSA) is 67.3 Å². The van der Waals surface area contributed by atoms with E-state index in [0.717, 1.165) is 4.90 Å². The van der Waals surface area contributed by atoms with Gasteiger partial charge in [-0.15, -0.1) is 0 Å². The van der Waals surface area contributed by atoms with Gasteiger partial charge in [-0.05, 0) is 0 Å². The molecule has 0 radical (unpaired) electrons. The van der Waals surface area contributed by atoms with Crippen LogP contribution in [0.1, 0.15) is 6.42 Å². The molecule has 0 saturated carbocycles. The van der Waals surface area contributed by atoms with Gasteiger partial charge in [-0.25, -0.2) is 14.8 Å². The standard InChI is InChI=1S/C10H13F3N4O2/c1-17(4-3-10(11,12)13)9(18)16-7-5-8(19-2)15-6-14-7/h5-6H,3-4H2,1-2H3,(H,14,15,16,18). The fraction of sp³-hybridized carbons (Fsp3) is 0.500. The molecule has 2 amide bonds. The number of nitrogens with zero attached hydrogens (tertiary/aromatic N) is 3. The Balaban J connectivity index is 2.53. The van der Waals surface area contributed by atoms with E-state index in [4.69, 9.17) is 4.74 Å². The lowest BCUT2D eigenvalue weighted by Gasteiger charge is -2.18. The van der Waals surface area contributed by atoms with Crippen LogP contribution in [0.25, 0.3) is 0 Å². The number of carbonyl (C=O) groups is 1. The zero-order valence-corrected chi connectivity index (χ0v) is 10.4. The second kappa shape index (κ2) is 6.21. The maximum atomic E-state index is 12.0. The molecule has 0 unspecified atom stereocenters. The summed E-state index contributed by atoms with van der Waals surface area (Å²) in [7, 11) is 2.66. The van der Waals surface area contributed by atoms with Gasteiger partial charge in [0.2, 0.25) is 5.88 Å². The summed E-state index contributed by atoms with van der Waals surface area (Å²) in [5.41, 5.74) is 0. The van der Waals surface area contributed by atoms with E-state index in [-0.39, 0.29) is 11.7 Å². The number of methoxy groups -OCH3 is 1. The lowest BCUT2D eigenvalue weighted by Crippen LogP contribution is -2.34. The highest BCUT2D eigenvalue weighted by Crippen LogP contribution is 2.19. The number of aromatic nitrogens is 2. The second-order valence-electron chi connectivity index (χ2n) is 3.66. The van der Waals surface area contributed by atoms with Gasteiger partial charge in [-0.1, -0.05) is 0 Å². The quantitative estimate of drug-likeness (QED) is 0.913. The predicted molar refractivity (Wildman–Crippen MR) is 60.9 cm³/mol. The van der Waals surface area contributed by atoms with E-state index in [1.165, 1.54) is 26.6 Å². The number of alkyl halides is 3. The minimum atomic E-state index is -4.30. The highest BCUT2D eigenvalue weighted by molar-refractivity contribution is 5.88. The Morgan fingerprint density at radius 1 is 1.47 bits per heavy atom. The molecule has 0 aliphatic heterocycles. The average molecular weight is 278 g/mol. The van der Waals surface area contributed by atoms with Gasteiger partial charge in [0.15, 0.2) is 0 Å². The Morgan fingerprint density at radius 2 is 2.16 bits per heavy atom. The third-order valence-corrected chi connectivity index (χ3v) is 2.16. The van der Waals surface area contributed by atoms with Crippen LogP contribution in [0.3, 0.4) is 0 Å². The number of urea groups is 1. The minimum Gasteiger partial charge on any atom is -0.481 e. The van der Waals surface area contributed by atoms with Crippen LogP contribution in [0.5, 0.6) is 5.88 Å². The molecule has 0 spiro atoms. The van der Waals surface area contributed by atoms with Crippen LogP contribution in [-0.2, 0) is 0 Å². The van der Waals surface area contributed by atoms with Crippen molar-refractivity contribution in [3.63, 3.8) is 0 Å². The van der Waals surface area contributed by atoms with E-state index in [1.54, 1.807) is 0 Å². The summed E-state index contributed by atoms with van der Waals surface area (Å²) < 4.78 is 40.9. The van der Waals surface area contributed by atoms with Crippen molar-refractivity contribution >= 4 is 11.8 Å². The zero-order valence-electron chi connectivity index (χ0n) is 10.4. The van der Waals surface area contributed by atoms with Crippen molar-refractivity contribution in [2.45, 2.75) is 12.6 Å². The van der Waals surface area contributed by atoms with Gasteiger partial charge in [0.1, 0.15) is 12.1 Å². The molecule has 0 aliphatic rings. The monoisotopic (exact) mass is 278 g/mol. The summed E-state index contributed by atoms with van der Waals surface area (Å²) >= 11 is 0. The van der Waals surface area contributed by atoms with Crippen LogP contribution in [0, 0.1) is 0 Å². The van der Waals surface area contributed by atoms with Crippen LogP contribution in [0.2, 0.25) is 0 Å². The lowest BCUT2D eigenvalue weighted by molar-refractivity contribution is -0.135. The predicted octanol–water partition coefficient (Wildman–Crippen LogP) is 1.90. The van der Waals surface area contributed by atoms with Gasteiger partial charge >= 0.3 is 12.2 Å². The van der Waals surface area contributed by atoms with Crippen LogP contribution < -0.4 is 10.1 Å². The third-order valence-electron chi connectivity index (χ3n) is 2.16. The van der Waals surface area contributed by atoms with Crippen LogP contribution in [0.4, 0.5) is 23.8 Å². The normalized spacial score (nSPS) is 11.0. The van der Waals surface area contributed by atoms with Crippen molar-refractivity contribution < 1.29 is 22.7 Å². The van der Waals surface area contributed by atoms with Gasteiger partial charge in [-0.3, -0.25) is 5.32 Å². The summed E-state index contributed by atoms with van der Waals surface area (Å²) in [5.74, 6) is 0.388. The molecule has 0 bridgehead atoms. The molecule has 6 nitrogen and oxygen atoms in total. The number of amides is 2. The minimum absolute atomic E-state index is 0.149. The SMILES string of the molecule is COc1cc(NC(=O)N(C)CCC(F)(F)F)ncn1. The summed E-state index contributed by atoms with van der Waals surface area (Å²) in [6, 6.07) is 0.667. The molecule has 1 N–H and O–H groups in total. The maximum Gasteiger partial charge on any atom is 0.390 e. The summed E-state index contributed by atoms with van der Waals surface area (Å²) in [6.45, 7) is -0.433. The van der Waals surface area contributed by atoms with Gasteiger partial charge in [0.05, 0.1) is 13.5 Å². The zero-order chi connectivity index (χ0) is 14.5. The van der Waals surface area contributed by atoms with Crippen LogP contribution in [-0.4, -0.2) is 47.8 Å². The number of nitrogens with one attached hydrogen (secondary N) is 1. The first-order valence-corrected chi connectivity index (χ1v) is 5.27. The van der Waals surface area contributed by atoms with Gasteiger partial charge in [-0.2, -0.15) is 13.2 Å². The van der Waals surface area contributed by atoms with Crippen molar-refractivity contribution in [3.8, 4) is 5.88 Å². The molecule has 0 aliphatic carbocycles. The van der Waals surface area contributed by atoms with Gasteiger partial charge in [0, 0.05) is 19.7 Å². The molecule has 9 heteroatoms. The van der Waals surface area contributed by atoms with Gasteiger partial charge in [0.25, 0.3) is 0 Å². The van der Waals surface area contributed by atoms with Crippen molar-refractivity contribution in [3.05, 3.63) is 12.4 Å². The van der Waals surface area contributed by atoms with Crippen LogP contribution in [0.15, 0.2) is 12.4 Å². The van der Waals surface area contributed by atoms with E-state index in [0.29, 0.717) is 0 Å². The Labute approximate surface area is 107 Å². The summed E-state index contributed by atoms with van der Waals surface area (Å²) in [6.07, 6.45) is -4.19. The third kappa shape index (κ3) is 5.40. The molecule has 1 heterocycles. The molecule has 0 aromatic carbocycles. The Kier molecular flexibility index (Phi) is 4.90. The van der Waals surface area contributed by atoms with Crippen molar-refractivity contribution in [1.29, 1.82) is 0 Å². The number of anilines is 1. The van der Waals surface area contributed by atoms with E-state index in [9.17, 15) is 18.0 Å². The molecular formula is C10H13F3N4O2. The lowest BCUT2D eigenvalue weighted by atomic mass is 10.4. The second-order valence-corrected chi connectivity index (χ2v) is 3.66. The number of halogens is 3.